The van der Waals surface area contributed by atoms with Crippen molar-refractivity contribution in [3.8, 4) is 0 Å². The van der Waals surface area contributed by atoms with Crippen molar-refractivity contribution in [2.75, 3.05) is 40.9 Å². The lowest BCUT2D eigenvalue weighted by molar-refractivity contribution is -0.870. The van der Waals surface area contributed by atoms with Crippen LogP contribution in [0.15, 0.2) is 36.5 Å². The Bertz CT molecular complexity index is 1040. The molecule has 9 heteroatoms. The van der Waals surface area contributed by atoms with Gasteiger partial charge in [0.2, 0.25) is 5.91 Å². The Kier molecular flexibility index (Phi) is 40.2. The van der Waals surface area contributed by atoms with Crippen LogP contribution >= 0.6 is 7.82 Å². The highest BCUT2D eigenvalue weighted by Gasteiger charge is 2.27. The van der Waals surface area contributed by atoms with Crippen molar-refractivity contribution in [3.05, 3.63) is 36.5 Å². The Morgan fingerprint density at radius 1 is 0.569 bits per heavy atom. The number of aliphatic hydroxyl groups excluding tert-OH is 1. The van der Waals surface area contributed by atoms with Crippen LogP contribution in [0.5, 0.6) is 0 Å². The molecule has 0 aromatic carbocycles. The third kappa shape index (κ3) is 42.8. The molecule has 0 aliphatic rings. The van der Waals surface area contributed by atoms with E-state index in [1.54, 1.807) is 6.08 Å². The molecule has 0 aromatic heterocycles. The Morgan fingerprint density at radius 2 is 0.948 bits per heavy atom. The van der Waals surface area contributed by atoms with Crippen LogP contribution in [0.3, 0.4) is 0 Å². The number of allylic oxidation sites excluding steroid dienone is 5. The third-order valence-corrected chi connectivity index (χ3v) is 11.8. The van der Waals surface area contributed by atoms with Gasteiger partial charge in [-0.15, -0.1) is 0 Å². The molecule has 0 spiro atoms. The van der Waals surface area contributed by atoms with Gasteiger partial charge in [0.25, 0.3) is 0 Å². The Hall–Kier alpha value is -1.28. The molecule has 58 heavy (non-hydrogen) atoms. The van der Waals surface area contributed by atoms with Gasteiger partial charge in [-0.1, -0.05) is 192 Å². The van der Waals surface area contributed by atoms with Crippen molar-refractivity contribution in [2.45, 2.75) is 231 Å². The molecule has 8 nitrogen and oxygen atoms in total. The predicted molar refractivity (Wildman–Crippen MR) is 249 cm³/mol. The van der Waals surface area contributed by atoms with Crippen molar-refractivity contribution in [1.29, 1.82) is 0 Å². The van der Waals surface area contributed by atoms with Crippen LogP contribution in [0.25, 0.3) is 0 Å². The highest BCUT2D eigenvalue weighted by atomic mass is 31.2. The van der Waals surface area contributed by atoms with Gasteiger partial charge in [0.15, 0.2) is 0 Å². The maximum absolute atomic E-state index is 12.9. The first-order valence-electron chi connectivity index (χ1n) is 24.4. The van der Waals surface area contributed by atoms with Crippen LogP contribution in [0.4, 0.5) is 0 Å². The minimum atomic E-state index is -4.34. The summed E-state index contributed by atoms with van der Waals surface area (Å²) in [5, 5.41) is 13.8. The zero-order chi connectivity index (χ0) is 42.8. The summed E-state index contributed by atoms with van der Waals surface area (Å²) >= 11 is 0. The third-order valence-electron chi connectivity index (χ3n) is 10.8. The number of hydrogen-bond donors (Lipinski definition) is 3. The first kappa shape index (κ1) is 56.7. The van der Waals surface area contributed by atoms with Crippen LogP contribution in [-0.4, -0.2) is 73.4 Å². The van der Waals surface area contributed by atoms with E-state index >= 15 is 0 Å². The molecular weight excluding hydrogens is 744 g/mol. The fourth-order valence-electron chi connectivity index (χ4n) is 6.93. The molecule has 0 aliphatic heterocycles. The van der Waals surface area contributed by atoms with Gasteiger partial charge in [-0.3, -0.25) is 13.8 Å². The summed E-state index contributed by atoms with van der Waals surface area (Å²) in [5.74, 6) is -0.187. The quantitative estimate of drug-likeness (QED) is 0.0244. The van der Waals surface area contributed by atoms with Gasteiger partial charge in [0.1, 0.15) is 13.2 Å². The Labute approximate surface area is 359 Å². The number of hydrogen-bond acceptors (Lipinski definition) is 5. The second-order valence-corrected chi connectivity index (χ2v) is 19.3. The van der Waals surface area contributed by atoms with Gasteiger partial charge in [-0.05, 0) is 57.8 Å². The van der Waals surface area contributed by atoms with Gasteiger partial charge < -0.3 is 19.8 Å². The molecule has 0 saturated carbocycles. The minimum absolute atomic E-state index is 0.0566. The van der Waals surface area contributed by atoms with E-state index in [1.165, 1.54) is 161 Å². The van der Waals surface area contributed by atoms with Crippen molar-refractivity contribution < 1.29 is 32.9 Å². The molecule has 1 amide bonds. The Balaban J connectivity index is 4.28. The van der Waals surface area contributed by atoms with Crippen molar-refractivity contribution in [1.82, 2.24) is 5.32 Å². The van der Waals surface area contributed by atoms with E-state index < -0.39 is 20.0 Å². The summed E-state index contributed by atoms with van der Waals surface area (Å²) in [6.07, 6.45) is 50.8. The summed E-state index contributed by atoms with van der Waals surface area (Å²) < 4.78 is 23.6. The average molecular weight is 840 g/mol. The number of nitrogens with one attached hydrogen (secondary N) is 1. The fourth-order valence-corrected chi connectivity index (χ4v) is 7.67. The van der Waals surface area contributed by atoms with Crippen LogP contribution in [0.1, 0.15) is 219 Å². The molecule has 0 fully saturated rings. The number of aliphatic hydroxyl groups is 1. The maximum Gasteiger partial charge on any atom is 0.472 e. The van der Waals surface area contributed by atoms with E-state index in [4.69, 9.17) is 9.05 Å². The number of likely N-dealkylation sites (N-methyl/N-ethyl adjacent to an activating group) is 1. The number of phosphoric ester groups is 1. The van der Waals surface area contributed by atoms with E-state index in [9.17, 15) is 19.4 Å². The second kappa shape index (κ2) is 41.1. The average Bonchev–Trinajstić information content (AvgIpc) is 3.17. The molecule has 0 saturated heterocycles. The first-order chi connectivity index (χ1) is 28.0. The van der Waals surface area contributed by atoms with Gasteiger partial charge in [0, 0.05) is 6.42 Å². The Morgan fingerprint density at radius 3 is 1.38 bits per heavy atom. The van der Waals surface area contributed by atoms with Gasteiger partial charge in [-0.2, -0.15) is 0 Å². The lowest BCUT2D eigenvalue weighted by atomic mass is 10.0. The standard InChI is InChI=1S/C49H95N2O6P/c1-6-8-10-12-14-16-18-20-21-22-23-24-25-26-27-28-29-31-33-35-37-39-41-43-49(53)50-47(46-57-58(54,55)56-45-44-51(3,4)5)48(52)42-40-38-36-34-32-30-19-17-15-13-11-9-7-2/h20-21,32,34,40,42,47-48,52H,6-19,22-31,33,35-39,41,43-46H2,1-5H3,(H-,50,53,54,55)/p+1/b21-20+,34-32+,42-40+/t47-,48+/m0/s1. The number of nitrogens with zero attached hydrogens (tertiary/aromatic N) is 1. The normalized spacial score (nSPS) is 14.5. The van der Waals surface area contributed by atoms with Gasteiger partial charge in [-0.25, -0.2) is 4.57 Å². The van der Waals surface area contributed by atoms with Gasteiger partial charge in [0.05, 0.1) is 39.9 Å². The number of quaternary nitrogens is 1. The van der Waals surface area contributed by atoms with E-state index in [0.717, 1.165) is 38.5 Å². The van der Waals surface area contributed by atoms with Crippen LogP contribution in [0, 0.1) is 0 Å². The zero-order valence-corrected chi connectivity index (χ0v) is 39.7. The number of carbonyl (C=O) groups excluding carboxylic acids is 1. The maximum atomic E-state index is 12.9. The van der Waals surface area contributed by atoms with Crippen LogP contribution < -0.4 is 5.32 Å². The first-order valence-corrected chi connectivity index (χ1v) is 25.9. The lowest BCUT2D eigenvalue weighted by Crippen LogP contribution is -2.45. The summed E-state index contributed by atoms with van der Waals surface area (Å²) in [7, 11) is 1.56. The van der Waals surface area contributed by atoms with Crippen LogP contribution in [-0.2, 0) is 18.4 Å². The number of amides is 1. The monoisotopic (exact) mass is 840 g/mol. The molecular formula is C49H96N2O6P+. The van der Waals surface area contributed by atoms with E-state index in [-0.39, 0.29) is 19.1 Å². The summed E-state index contributed by atoms with van der Waals surface area (Å²) in [6, 6.07) is -0.860. The number of phosphoric acid groups is 1. The smallest absolute Gasteiger partial charge is 0.387 e. The molecule has 0 aromatic rings. The topological polar surface area (TPSA) is 105 Å². The molecule has 0 radical (unpaired) electrons. The zero-order valence-electron chi connectivity index (χ0n) is 38.8. The summed E-state index contributed by atoms with van der Waals surface area (Å²) in [5.41, 5.74) is 0. The minimum Gasteiger partial charge on any atom is -0.387 e. The number of rotatable bonds is 44. The number of unbranched alkanes of at least 4 members (excludes halogenated alkanes) is 27. The molecule has 0 rings (SSSR count). The van der Waals surface area contributed by atoms with Crippen LogP contribution in [0.2, 0.25) is 0 Å². The fraction of sp³-hybridized carbons (Fsp3) is 0.857. The summed E-state index contributed by atoms with van der Waals surface area (Å²) in [4.78, 5) is 23.1. The predicted octanol–water partition coefficient (Wildman–Crippen LogP) is 13.9. The van der Waals surface area contributed by atoms with E-state index in [2.05, 4.69) is 43.5 Å². The largest absolute Gasteiger partial charge is 0.472 e. The highest BCUT2D eigenvalue weighted by Crippen LogP contribution is 2.43. The molecule has 0 bridgehead atoms. The van der Waals surface area contributed by atoms with E-state index in [1.807, 2.05) is 27.2 Å². The lowest BCUT2D eigenvalue weighted by Gasteiger charge is -2.25. The summed E-state index contributed by atoms with van der Waals surface area (Å²) in [6.45, 7) is 4.78. The molecule has 3 N–H and O–H groups in total. The van der Waals surface area contributed by atoms with Gasteiger partial charge >= 0.3 is 7.82 Å². The second-order valence-electron chi connectivity index (χ2n) is 17.8. The van der Waals surface area contributed by atoms with Crippen molar-refractivity contribution in [3.63, 3.8) is 0 Å². The molecule has 1 unspecified atom stereocenters. The SMILES string of the molecule is CCCCCCCC/C=C/CCCCCCCCCCCCCCCC(=O)N[C@@H](COP(=O)(O)OCC[N+](C)(C)C)[C@H](O)/C=C/CC/C=C/CCCCCCCCC. The van der Waals surface area contributed by atoms with Crippen molar-refractivity contribution in [2.24, 2.45) is 0 Å². The number of carbonyl (C=O) groups is 1. The highest BCUT2D eigenvalue weighted by molar-refractivity contribution is 7.47. The molecule has 3 atom stereocenters. The molecule has 342 valence electrons. The van der Waals surface area contributed by atoms with E-state index in [0.29, 0.717) is 17.4 Å². The molecule has 0 heterocycles. The van der Waals surface area contributed by atoms with Crippen molar-refractivity contribution >= 4 is 13.7 Å². The molecule has 0 aliphatic carbocycles.